The van der Waals surface area contributed by atoms with Gasteiger partial charge < -0.3 is 25.0 Å². The highest BCUT2D eigenvalue weighted by Crippen LogP contribution is 2.32. The average molecular weight is 360 g/mol. The molecule has 0 bridgehead atoms. The van der Waals surface area contributed by atoms with Gasteiger partial charge >= 0.3 is 0 Å². The molecule has 1 saturated heterocycles. The summed E-state index contributed by atoms with van der Waals surface area (Å²) in [5.41, 5.74) is 0.847. The van der Waals surface area contributed by atoms with Crippen molar-refractivity contribution in [3.8, 4) is 11.5 Å². The lowest BCUT2D eigenvalue weighted by molar-refractivity contribution is -0.130. The molecular formula is C19H28N4O3. The standard InChI is InChI=1S/C19H28N4O3/c1-2-20-19(21-14-18(24)23-9-4-3-5-10-23)22-15-7-8-16-17(13-15)26-12-6-11-25-16/h7-8,13H,2-6,9-12,14H2,1H3,(H2,20,21,22). The van der Waals surface area contributed by atoms with Gasteiger partial charge in [-0.25, -0.2) is 4.99 Å². The number of benzene rings is 1. The monoisotopic (exact) mass is 360 g/mol. The van der Waals surface area contributed by atoms with Crippen molar-refractivity contribution >= 4 is 17.6 Å². The van der Waals surface area contributed by atoms with Crippen molar-refractivity contribution in [2.75, 3.05) is 44.7 Å². The van der Waals surface area contributed by atoms with E-state index in [4.69, 9.17) is 9.47 Å². The summed E-state index contributed by atoms with van der Waals surface area (Å²) in [7, 11) is 0. The van der Waals surface area contributed by atoms with Crippen molar-refractivity contribution in [1.29, 1.82) is 0 Å². The SMILES string of the molecule is CCNC(=NCC(=O)N1CCCCC1)Nc1ccc2c(c1)OCCCO2. The smallest absolute Gasteiger partial charge is 0.244 e. The number of anilines is 1. The van der Waals surface area contributed by atoms with Crippen LogP contribution < -0.4 is 20.1 Å². The van der Waals surface area contributed by atoms with Gasteiger partial charge in [0.2, 0.25) is 5.91 Å². The van der Waals surface area contributed by atoms with Gasteiger partial charge in [0, 0.05) is 37.8 Å². The van der Waals surface area contributed by atoms with Crippen LogP contribution in [-0.2, 0) is 4.79 Å². The van der Waals surface area contributed by atoms with E-state index >= 15 is 0 Å². The molecule has 1 fully saturated rings. The van der Waals surface area contributed by atoms with E-state index < -0.39 is 0 Å². The quantitative estimate of drug-likeness (QED) is 0.636. The number of rotatable bonds is 4. The second-order valence-corrected chi connectivity index (χ2v) is 6.47. The second-order valence-electron chi connectivity index (χ2n) is 6.47. The number of carbonyl (C=O) groups is 1. The van der Waals surface area contributed by atoms with E-state index in [1.807, 2.05) is 30.0 Å². The Morgan fingerprint density at radius 1 is 1.12 bits per heavy atom. The van der Waals surface area contributed by atoms with E-state index in [-0.39, 0.29) is 12.5 Å². The van der Waals surface area contributed by atoms with Gasteiger partial charge in [-0.05, 0) is 38.3 Å². The third-order valence-corrected chi connectivity index (χ3v) is 4.44. The molecule has 1 aromatic carbocycles. The van der Waals surface area contributed by atoms with E-state index in [9.17, 15) is 4.79 Å². The second kappa shape index (κ2) is 9.31. The van der Waals surface area contributed by atoms with Crippen LogP contribution in [0.2, 0.25) is 0 Å². The minimum absolute atomic E-state index is 0.0839. The Hall–Kier alpha value is -2.44. The van der Waals surface area contributed by atoms with Gasteiger partial charge in [-0.1, -0.05) is 0 Å². The number of piperidine rings is 1. The molecule has 26 heavy (non-hydrogen) atoms. The number of carbonyl (C=O) groups excluding carboxylic acids is 1. The summed E-state index contributed by atoms with van der Waals surface area (Å²) in [5.74, 6) is 2.16. The summed E-state index contributed by atoms with van der Waals surface area (Å²) in [5, 5.41) is 6.42. The first kappa shape index (κ1) is 18.4. The number of amides is 1. The van der Waals surface area contributed by atoms with Gasteiger partial charge in [0.1, 0.15) is 6.54 Å². The summed E-state index contributed by atoms with van der Waals surface area (Å²) in [6, 6.07) is 5.72. The highest BCUT2D eigenvalue weighted by molar-refractivity contribution is 5.95. The molecule has 0 spiro atoms. The summed E-state index contributed by atoms with van der Waals surface area (Å²) in [6.45, 7) is 5.88. The van der Waals surface area contributed by atoms with Gasteiger partial charge in [0.05, 0.1) is 13.2 Å². The first-order chi connectivity index (χ1) is 12.8. The molecule has 0 aliphatic carbocycles. The molecule has 3 rings (SSSR count). The lowest BCUT2D eigenvalue weighted by Gasteiger charge is -2.26. The molecule has 142 valence electrons. The van der Waals surface area contributed by atoms with E-state index in [1.165, 1.54) is 6.42 Å². The Kier molecular flexibility index (Phi) is 6.57. The van der Waals surface area contributed by atoms with Crippen LogP contribution in [0.5, 0.6) is 11.5 Å². The number of nitrogens with one attached hydrogen (secondary N) is 2. The predicted octanol–water partition coefficient (Wildman–Crippen LogP) is 2.24. The number of guanidine groups is 1. The molecule has 2 heterocycles. The molecule has 2 N–H and O–H groups in total. The normalized spacial score (nSPS) is 17.4. The van der Waals surface area contributed by atoms with Crippen LogP contribution in [-0.4, -0.2) is 56.2 Å². The number of fused-ring (bicyclic) bond motifs is 1. The Balaban J connectivity index is 1.64. The molecule has 7 nitrogen and oxygen atoms in total. The van der Waals surface area contributed by atoms with Crippen molar-refractivity contribution in [3.05, 3.63) is 18.2 Å². The summed E-state index contributed by atoms with van der Waals surface area (Å²) in [4.78, 5) is 18.7. The van der Waals surface area contributed by atoms with E-state index in [2.05, 4.69) is 15.6 Å². The van der Waals surface area contributed by atoms with Gasteiger partial charge in [0.25, 0.3) is 0 Å². The average Bonchev–Trinajstić information content (AvgIpc) is 2.91. The molecule has 0 aromatic heterocycles. The van der Waals surface area contributed by atoms with Gasteiger partial charge in [0.15, 0.2) is 17.5 Å². The molecule has 0 saturated carbocycles. The minimum atomic E-state index is 0.0839. The van der Waals surface area contributed by atoms with Crippen molar-refractivity contribution < 1.29 is 14.3 Å². The van der Waals surface area contributed by atoms with E-state index in [1.54, 1.807) is 0 Å². The van der Waals surface area contributed by atoms with Crippen LogP contribution >= 0.6 is 0 Å². The lowest BCUT2D eigenvalue weighted by atomic mass is 10.1. The van der Waals surface area contributed by atoms with Crippen LogP contribution in [0.1, 0.15) is 32.6 Å². The van der Waals surface area contributed by atoms with E-state index in [0.717, 1.165) is 49.5 Å². The fourth-order valence-electron chi connectivity index (χ4n) is 3.07. The van der Waals surface area contributed by atoms with Gasteiger partial charge in [-0.2, -0.15) is 0 Å². The maximum Gasteiger partial charge on any atom is 0.244 e. The first-order valence-corrected chi connectivity index (χ1v) is 9.49. The van der Waals surface area contributed by atoms with Crippen LogP contribution in [0.25, 0.3) is 0 Å². The topological polar surface area (TPSA) is 75.2 Å². The van der Waals surface area contributed by atoms with Crippen molar-refractivity contribution in [1.82, 2.24) is 10.2 Å². The van der Waals surface area contributed by atoms with Crippen LogP contribution in [0, 0.1) is 0 Å². The molecule has 2 aliphatic heterocycles. The molecule has 1 amide bonds. The number of hydrogen-bond acceptors (Lipinski definition) is 4. The third kappa shape index (κ3) is 5.03. The maximum absolute atomic E-state index is 12.3. The molecular weight excluding hydrogens is 332 g/mol. The van der Waals surface area contributed by atoms with Crippen molar-refractivity contribution in [3.63, 3.8) is 0 Å². The Bertz CT molecular complexity index is 642. The zero-order chi connectivity index (χ0) is 18.2. The van der Waals surface area contributed by atoms with E-state index in [0.29, 0.717) is 25.7 Å². The molecule has 7 heteroatoms. The largest absolute Gasteiger partial charge is 0.490 e. The zero-order valence-corrected chi connectivity index (χ0v) is 15.4. The van der Waals surface area contributed by atoms with Gasteiger partial charge in [-0.3, -0.25) is 4.79 Å². The highest BCUT2D eigenvalue weighted by Gasteiger charge is 2.16. The zero-order valence-electron chi connectivity index (χ0n) is 15.4. The Morgan fingerprint density at radius 3 is 2.65 bits per heavy atom. The van der Waals surface area contributed by atoms with Crippen molar-refractivity contribution in [2.24, 2.45) is 4.99 Å². The molecule has 0 unspecified atom stereocenters. The molecule has 0 atom stereocenters. The fraction of sp³-hybridized carbons (Fsp3) is 0.579. The number of ether oxygens (including phenoxy) is 2. The third-order valence-electron chi connectivity index (χ3n) is 4.44. The fourth-order valence-corrected chi connectivity index (χ4v) is 3.07. The van der Waals surface area contributed by atoms with Gasteiger partial charge in [-0.15, -0.1) is 0 Å². The predicted molar refractivity (Wildman–Crippen MR) is 102 cm³/mol. The summed E-state index contributed by atoms with van der Waals surface area (Å²) < 4.78 is 11.4. The molecule has 1 aromatic rings. The number of hydrogen-bond donors (Lipinski definition) is 2. The molecule has 2 aliphatic rings. The Labute approximate surface area is 154 Å². The van der Waals surface area contributed by atoms with Crippen LogP contribution in [0.3, 0.4) is 0 Å². The number of aliphatic imine (C=N–C) groups is 1. The number of nitrogens with zero attached hydrogens (tertiary/aromatic N) is 2. The highest BCUT2D eigenvalue weighted by atomic mass is 16.5. The van der Waals surface area contributed by atoms with Crippen molar-refractivity contribution in [2.45, 2.75) is 32.6 Å². The lowest BCUT2D eigenvalue weighted by Crippen LogP contribution is -2.38. The van der Waals surface area contributed by atoms with Crippen LogP contribution in [0.4, 0.5) is 5.69 Å². The maximum atomic E-state index is 12.3. The minimum Gasteiger partial charge on any atom is -0.490 e. The molecule has 0 radical (unpaired) electrons. The first-order valence-electron chi connectivity index (χ1n) is 9.49. The van der Waals surface area contributed by atoms with Crippen LogP contribution in [0.15, 0.2) is 23.2 Å². The summed E-state index contributed by atoms with van der Waals surface area (Å²) in [6.07, 6.45) is 4.26. The number of likely N-dealkylation sites (tertiary alicyclic amines) is 1. The summed E-state index contributed by atoms with van der Waals surface area (Å²) >= 11 is 0. The Morgan fingerprint density at radius 2 is 1.88 bits per heavy atom.